The lowest BCUT2D eigenvalue weighted by atomic mass is 10.1. The highest BCUT2D eigenvalue weighted by Crippen LogP contribution is 2.39. The number of carbonyl (C=O) groups excluding carboxylic acids is 1. The molecule has 1 aliphatic carbocycles. The highest BCUT2D eigenvalue weighted by Gasteiger charge is 2.26. The summed E-state index contributed by atoms with van der Waals surface area (Å²) in [7, 11) is 0. The van der Waals surface area contributed by atoms with E-state index in [1.54, 1.807) is 16.7 Å². The Morgan fingerprint density at radius 2 is 2.07 bits per heavy atom. The van der Waals surface area contributed by atoms with Gasteiger partial charge in [-0.2, -0.15) is 0 Å². The summed E-state index contributed by atoms with van der Waals surface area (Å²) in [4.78, 5) is 22.5. The summed E-state index contributed by atoms with van der Waals surface area (Å²) in [6.07, 6.45) is 7.26. The van der Waals surface area contributed by atoms with Crippen LogP contribution in [0, 0.1) is 5.82 Å². The van der Waals surface area contributed by atoms with Crippen molar-refractivity contribution in [2.45, 2.75) is 31.4 Å². The van der Waals surface area contributed by atoms with Crippen LogP contribution in [-0.2, 0) is 0 Å². The van der Waals surface area contributed by atoms with E-state index in [9.17, 15) is 13.6 Å². The molecule has 1 atom stereocenters. The monoisotopic (exact) mass is 383 g/mol. The number of hydrogen-bond donors (Lipinski definition) is 1. The van der Waals surface area contributed by atoms with Gasteiger partial charge >= 0.3 is 6.03 Å². The number of likely N-dealkylation sites (tertiary alicyclic amines) is 1. The number of amides is 2. The number of aromatic nitrogens is 3. The minimum atomic E-state index is -0.986. The van der Waals surface area contributed by atoms with Crippen molar-refractivity contribution in [3.63, 3.8) is 0 Å². The van der Waals surface area contributed by atoms with Gasteiger partial charge in [0.05, 0.1) is 12.2 Å². The highest BCUT2D eigenvalue weighted by atomic mass is 19.1. The average molecular weight is 383 g/mol. The predicted octanol–water partition coefficient (Wildman–Crippen LogP) is 3.99. The number of benzene rings is 1. The second-order valence-corrected chi connectivity index (χ2v) is 7.45. The van der Waals surface area contributed by atoms with Gasteiger partial charge in [0.15, 0.2) is 0 Å². The molecule has 1 saturated carbocycles. The van der Waals surface area contributed by atoms with Crippen LogP contribution in [0.25, 0.3) is 17.0 Å². The molecule has 0 radical (unpaired) electrons. The molecule has 2 aromatic heterocycles. The summed E-state index contributed by atoms with van der Waals surface area (Å²) < 4.78 is 29.6. The fourth-order valence-electron chi connectivity index (χ4n) is 3.56. The molecular formula is C20H19F2N5O. The largest absolute Gasteiger partial charge is 0.322 e. The standard InChI is InChI=1S/C20H19F2N5O/c21-14-5-6-26(10-14)20(28)24-15-3-4-17(22)16(7-15)18-11-27-9-13(12-1-2-12)8-23-19(27)25-18/h3-4,7-9,11-12,14H,1-2,5-6,10H2,(H,24,28). The van der Waals surface area contributed by atoms with Crippen LogP contribution in [0.2, 0.25) is 0 Å². The van der Waals surface area contributed by atoms with Gasteiger partial charge < -0.3 is 10.2 Å². The topological polar surface area (TPSA) is 62.5 Å². The Balaban J connectivity index is 1.42. The van der Waals surface area contributed by atoms with Crippen molar-refractivity contribution in [3.05, 3.63) is 48.2 Å². The second-order valence-electron chi connectivity index (χ2n) is 7.45. The molecule has 144 valence electrons. The third-order valence-electron chi connectivity index (χ3n) is 5.29. The zero-order valence-electron chi connectivity index (χ0n) is 15.1. The van der Waals surface area contributed by atoms with Crippen LogP contribution in [-0.4, -0.2) is 44.6 Å². The Morgan fingerprint density at radius 1 is 1.21 bits per heavy atom. The van der Waals surface area contributed by atoms with E-state index in [4.69, 9.17) is 0 Å². The number of fused-ring (bicyclic) bond motifs is 1. The van der Waals surface area contributed by atoms with Crippen LogP contribution in [0.5, 0.6) is 0 Å². The summed E-state index contributed by atoms with van der Waals surface area (Å²) in [6, 6.07) is 3.93. The van der Waals surface area contributed by atoms with E-state index in [1.165, 1.54) is 29.9 Å². The maximum Gasteiger partial charge on any atom is 0.321 e. The zero-order chi connectivity index (χ0) is 19.3. The van der Waals surface area contributed by atoms with E-state index in [1.807, 2.05) is 12.4 Å². The Hall–Kier alpha value is -3.03. The van der Waals surface area contributed by atoms with E-state index in [0.717, 1.165) is 5.56 Å². The van der Waals surface area contributed by atoms with Crippen molar-refractivity contribution >= 4 is 17.5 Å². The van der Waals surface area contributed by atoms with Gasteiger partial charge in [-0.05, 0) is 48.9 Å². The first-order chi connectivity index (χ1) is 13.6. The van der Waals surface area contributed by atoms with Crippen molar-refractivity contribution in [3.8, 4) is 11.3 Å². The van der Waals surface area contributed by atoms with Gasteiger partial charge in [-0.3, -0.25) is 4.40 Å². The molecule has 1 unspecified atom stereocenters. The lowest BCUT2D eigenvalue weighted by Crippen LogP contribution is -2.33. The number of anilines is 1. The van der Waals surface area contributed by atoms with Gasteiger partial charge in [0, 0.05) is 36.4 Å². The van der Waals surface area contributed by atoms with Crippen LogP contribution >= 0.6 is 0 Å². The predicted molar refractivity (Wildman–Crippen MR) is 100 cm³/mol. The number of alkyl halides is 1. The van der Waals surface area contributed by atoms with E-state index in [-0.39, 0.29) is 18.1 Å². The van der Waals surface area contributed by atoms with Gasteiger partial charge in [0.1, 0.15) is 12.0 Å². The van der Waals surface area contributed by atoms with Gasteiger partial charge in [-0.25, -0.2) is 23.5 Å². The number of rotatable bonds is 3. The van der Waals surface area contributed by atoms with Crippen LogP contribution in [0.15, 0.2) is 36.8 Å². The zero-order valence-corrected chi connectivity index (χ0v) is 15.1. The van der Waals surface area contributed by atoms with Gasteiger partial charge in [0.2, 0.25) is 5.78 Å². The van der Waals surface area contributed by atoms with Crippen molar-refractivity contribution in [2.24, 2.45) is 0 Å². The first kappa shape index (κ1) is 17.1. The molecule has 2 aliphatic rings. The van der Waals surface area contributed by atoms with Crippen molar-refractivity contribution in [2.75, 3.05) is 18.4 Å². The molecule has 28 heavy (non-hydrogen) atoms. The molecular weight excluding hydrogens is 364 g/mol. The summed E-state index contributed by atoms with van der Waals surface area (Å²) >= 11 is 0. The summed E-state index contributed by atoms with van der Waals surface area (Å²) in [6.45, 7) is 0.462. The van der Waals surface area contributed by atoms with Crippen LogP contribution in [0.1, 0.15) is 30.7 Å². The molecule has 0 bridgehead atoms. The van der Waals surface area contributed by atoms with E-state index >= 15 is 0 Å². The number of carbonyl (C=O) groups is 1. The molecule has 1 N–H and O–H groups in total. The van der Waals surface area contributed by atoms with Crippen LogP contribution in [0.4, 0.5) is 19.3 Å². The molecule has 1 aromatic carbocycles. The Morgan fingerprint density at radius 3 is 2.82 bits per heavy atom. The minimum absolute atomic E-state index is 0.0846. The van der Waals surface area contributed by atoms with E-state index in [0.29, 0.717) is 36.0 Å². The minimum Gasteiger partial charge on any atom is -0.322 e. The van der Waals surface area contributed by atoms with Gasteiger partial charge in [0.25, 0.3) is 0 Å². The Labute approximate surface area is 160 Å². The third-order valence-corrected chi connectivity index (χ3v) is 5.29. The lowest BCUT2D eigenvalue weighted by Gasteiger charge is -2.16. The van der Waals surface area contributed by atoms with Crippen molar-refractivity contribution in [1.29, 1.82) is 0 Å². The first-order valence-corrected chi connectivity index (χ1v) is 9.41. The fourth-order valence-corrected chi connectivity index (χ4v) is 3.56. The molecule has 1 saturated heterocycles. The number of urea groups is 1. The van der Waals surface area contributed by atoms with Gasteiger partial charge in [-0.15, -0.1) is 0 Å². The molecule has 2 amide bonds. The summed E-state index contributed by atoms with van der Waals surface area (Å²) in [5.41, 5.74) is 2.32. The van der Waals surface area contributed by atoms with E-state index < -0.39 is 12.0 Å². The summed E-state index contributed by atoms with van der Waals surface area (Å²) in [5, 5.41) is 2.71. The molecule has 2 fully saturated rings. The fraction of sp³-hybridized carbons (Fsp3) is 0.350. The number of nitrogens with one attached hydrogen (secondary N) is 1. The Kier molecular flexibility index (Phi) is 3.99. The highest BCUT2D eigenvalue weighted by molar-refractivity contribution is 5.90. The second kappa shape index (κ2) is 6.54. The number of imidazole rings is 1. The maximum absolute atomic E-state index is 14.4. The smallest absolute Gasteiger partial charge is 0.321 e. The van der Waals surface area contributed by atoms with Crippen LogP contribution < -0.4 is 5.32 Å². The molecule has 3 aromatic rings. The first-order valence-electron chi connectivity index (χ1n) is 9.41. The van der Waals surface area contributed by atoms with Gasteiger partial charge in [-0.1, -0.05) is 0 Å². The summed E-state index contributed by atoms with van der Waals surface area (Å²) in [5.74, 6) is 0.626. The molecule has 1 aliphatic heterocycles. The van der Waals surface area contributed by atoms with E-state index in [2.05, 4.69) is 15.3 Å². The van der Waals surface area contributed by atoms with Crippen molar-refractivity contribution in [1.82, 2.24) is 19.3 Å². The third kappa shape index (κ3) is 3.19. The maximum atomic E-state index is 14.4. The Bertz CT molecular complexity index is 1060. The van der Waals surface area contributed by atoms with Crippen LogP contribution in [0.3, 0.4) is 0 Å². The molecule has 0 spiro atoms. The van der Waals surface area contributed by atoms with Crippen molar-refractivity contribution < 1.29 is 13.6 Å². The normalized spacial score (nSPS) is 19.4. The molecule has 8 heteroatoms. The number of nitrogens with zero attached hydrogens (tertiary/aromatic N) is 4. The quantitative estimate of drug-likeness (QED) is 0.744. The molecule has 3 heterocycles. The number of halogens is 2. The number of hydrogen-bond acceptors (Lipinski definition) is 3. The average Bonchev–Trinajstić information content (AvgIpc) is 3.30. The lowest BCUT2D eigenvalue weighted by molar-refractivity contribution is 0.218. The molecule has 6 nitrogen and oxygen atoms in total. The molecule has 5 rings (SSSR count). The SMILES string of the molecule is O=C(Nc1ccc(F)c(-c2cn3cc(C4CC4)cnc3n2)c1)N1CCC(F)C1.